The average Bonchev–Trinajstić information content (AvgIpc) is 3.50. The number of hydrogen-bond acceptors (Lipinski definition) is 5. The molecule has 0 bridgehead atoms. The zero-order valence-electron chi connectivity index (χ0n) is 18.3. The van der Waals surface area contributed by atoms with Crippen molar-refractivity contribution in [3.8, 4) is 16.2 Å². The monoisotopic (exact) mass is 438 g/mol. The zero-order valence-corrected chi connectivity index (χ0v) is 19.1. The van der Waals surface area contributed by atoms with Crippen LogP contribution in [0.15, 0.2) is 41.8 Å². The fourth-order valence-electron chi connectivity index (χ4n) is 4.02. The Labute approximate surface area is 187 Å². The second kappa shape index (κ2) is 10.1. The zero-order chi connectivity index (χ0) is 21.6. The van der Waals surface area contributed by atoms with Gasteiger partial charge in [0.15, 0.2) is 6.61 Å². The number of thiophene rings is 1. The van der Waals surface area contributed by atoms with E-state index in [1.165, 1.54) is 23.3 Å². The molecular formula is C24H30N4O2S. The van der Waals surface area contributed by atoms with Crippen LogP contribution in [0, 0.1) is 13.8 Å². The lowest BCUT2D eigenvalue weighted by Crippen LogP contribution is -2.32. The van der Waals surface area contributed by atoms with Gasteiger partial charge in [-0.15, -0.1) is 11.3 Å². The van der Waals surface area contributed by atoms with Crippen molar-refractivity contribution in [2.75, 3.05) is 26.2 Å². The van der Waals surface area contributed by atoms with E-state index in [-0.39, 0.29) is 12.5 Å². The van der Waals surface area contributed by atoms with E-state index < -0.39 is 0 Å². The molecule has 1 aliphatic heterocycles. The number of hydrogen-bond donors (Lipinski definition) is 1. The first-order valence-corrected chi connectivity index (χ1v) is 11.8. The van der Waals surface area contributed by atoms with E-state index in [1.54, 1.807) is 11.3 Å². The molecule has 1 saturated heterocycles. The van der Waals surface area contributed by atoms with Gasteiger partial charge in [-0.1, -0.05) is 6.07 Å². The van der Waals surface area contributed by atoms with Crippen LogP contribution >= 0.6 is 11.3 Å². The third-order valence-electron chi connectivity index (χ3n) is 5.57. The fraction of sp³-hybridized carbons (Fsp3) is 0.417. The molecular weight excluding hydrogens is 408 g/mol. The number of aromatic nitrogens is 2. The standard InChI is InChI=1S/C24H30N4O2S/c1-18-14-19(2)28(26-18)12-9-25-24(29)17-30-22-8-7-20(23-6-5-13-31-23)15-21(22)16-27-10-3-4-11-27/h5-8,13-15H,3-4,9-12,16-17H2,1-2H3,(H,25,29). The van der Waals surface area contributed by atoms with Gasteiger partial charge in [0, 0.05) is 29.2 Å². The van der Waals surface area contributed by atoms with E-state index in [4.69, 9.17) is 4.74 Å². The molecule has 1 fully saturated rings. The molecule has 0 unspecified atom stereocenters. The molecule has 0 atom stereocenters. The molecule has 31 heavy (non-hydrogen) atoms. The predicted octanol–water partition coefficient (Wildman–Crippen LogP) is 4.02. The van der Waals surface area contributed by atoms with Gasteiger partial charge in [-0.25, -0.2) is 0 Å². The molecule has 2 aromatic heterocycles. The molecule has 0 saturated carbocycles. The van der Waals surface area contributed by atoms with Crippen molar-refractivity contribution in [3.05, 3.63) is 58.7 Å². The Kier molecular flexibility index (Phi) is 7.04. The molecule has 7 heteroatoms. The number of rotatable bonds is 9. The summed E-state index contributed by atoms with van der Waals surface area (Å²) in [6.07, 6.45) is 2.50. The maximum Gasteiger partial charge on any atom is 0.258 e. The summed E-state index contributed by atoms with van der Waals surface area (Å²) >= 11 is 1.74. The first-order chi connectivity index (χ1) is 15.1. The lowest BCUT2D eigenvalue weighted by atomic mass is 10.1. The number of aryl methyl sites for hydroxylation is 2. The molecule has 164 valence electrons. The molecule has 0 radical (unpaired) electrons. The number of nitrogens with one attached hydrogen (secondary N) is 1. The van der Waals surface area contributed by atoms with Gasteiger partial charge in [-0.2, -0.15) is 5.10 Å². The minimum absolute atomic E-state index is 0.0163. The molecule has 1 aliphatic rings. The average molecular weight is 439 g/mol. The van der Waals surface area contributed by atoms with Crippen molar-refractivity contribution in [1.82, 2.24) is 20.0 Å². The second-order valence-electron chi connectivity index (χ2n) is 8.07. The Balaban J connectivity index is 1.36. The summed E-state index contributed by atoms with van der Waals surface area (Å²) in [6, 6.07) is 12.5. The van der Waals surface area contributed by atoms with Crippen LogP contribution in [0.1, 0.15) is 29.8 Å². The summed E-state index contributed by atoms with van der Waals surface area (Å²) in [4.78, 5) is 16.0. The summed E-state index contributed by atoms with van der Waals surface area (Å²) in [7, 11) is 0. The normalized spacial score (nSPS) is 14.1. The topological polar surface area (TPSA) is 59.4 Å². The van der Waals surface area contributed by atoms with Gasteiger partial charge in [-0.3, -0.25) is 14.4 Å². The first-order valence-electron chi connectivity index (χ1n) is 10.9. The van der Waals surface area contributed by atoms with Gasteiger partial charge >= 0.3 is 0 Å². The maximum atomic E-state index is 12.3. The van der Waals surface area contributed by atoms with Crippen molar-refractivity contribution in [2.45, 2.75) is 39.8 Å². The third-order valence-corrected chi connectivity index (χ3v) is 6.49. The van der Waals surface area contributed by atoms with Crippen molar-refractivity contribution >= 4 is 17.2 Å². The Morgan fingerprint density at radius 3 is 2.74 bits per heavy atom. The highest BCUT2D eigenvalue weighted by atomic mass is 32.1. The Morgan fingerprint density at radius 1 is 1.19 bits per heavy atom. The van der Waals surface area contributed by atoms with Gasteiger partial charge in [-0.05, 0) is 81.1 Å². The van der Waals surface area contributed by atoms with Gasteiger partial charge in [0.1, 0.15) is 5.75 Å². The molecule has 1 amide bonds. The molecule has 1 N–H and O–H groups in total. The summed E-state index contributed by atoms with van der Waals surface area (Å²) in [5, 5.41) is 9.44. The molecule has 1 aromatic carbocycles. The SMILES string of the molecule is Cc1cc(C)n(CCNC(=O)COc2ccc(-c3cccs3)cc2CN2CCCC2)n1. The number of ether oxygens (including phenoxy) is 1. The van der Waals surface area contributed by atoms with E-state index >= 15 is 0 Å². The number of carbonyl (C=O) groups is 1. The fourth-order valence-corrected chi connectivity index (χ4v) is 4.74. The summed E-state index contributed by atoms with van der Waals surface area (Å²) in [5.74, 6) is 0.678. The van der Waals surface area contributed by atoms with E-state index in [0.717, 1.165) is 42.3 Å². The summed E-state index contributed by atoms with van der Waals surface area (Å²) in [5.41, 5.74) is 4.43. The molecule has 0 aliphatic carbocycles. The minimum Gasteiger partial charge on any atom is -0.483 e. The Hall–Kier alpha value is -2.64. The lowest BCUT2D eigenvalue weighted by molar-refractivity contribution is -0.123. The number of benzene rings is 1. The van der Waals surface area contributed by atoms with E-state index in [1.807, 2.05) is 30.7 Å². The van der Waals surface area contributed by atoms with Crippen molar-refractivity contribution < 1.29 is 9.53 Å². The third kappa shape index (κ3) is 5.74. The highest BCUT2D eigenvalue weighted by Crippen LogP contribution is 2.31. The smallest absolute Gasteiger partial charge is 0.258 e. The van der Waals surface area contributed by atoms with Gasteiger partial charge in [0.2, 0.25) is 0 Å². The van der Waals surface area contributed by atoms with Crippen LogP contribution in [0.25, 0.3) is 10.4 Å². The molecule has 6 nitrogen and oxygen atoms in total. The number of nitrogens with zero attached hydrogens (tertiary/aromatic N) is 3. The van der Waals surface area contributed by atoms with E-state index in [2.05, 4.69) is 45.0 Å². The van der Waals surface area contributed by atoms with Crippen molar-refractivity contribution in [2.24, 2.45) is 0 Å². The minimum atomic E-state index is -0.115. The van der Waals surface area contributed by atoms with Crippen LogP contribution in [-0.4, -0.2) is 46.8 Å². The largest absolute Gasteiger partial charge is 0.483 e. The van der Waals surface area contributed by atoms with Crippen molar-refractivity contribution in [3.63, 3.8) is 0 Å². The van der Waals surface area contributed by atoms with Crippen molar-refractivity contribution in [1.29, 1.82) is 0 Å². The summed E-state index contributed by atoms with van der Waals surface area (Å²) < 4.78 is 7.87. The van der Waals surface area contributed by atoms with Gasteiger partial charge < -0.3 is 10.1 Å². The Morgan fingerprint density at radius 2 is 2.03 bits per heavy atom. The second-order valence-corrected chi connectivity index (χ2v) is 9.02. The number of amides is 1. The van der Waals surface area contributed by atoms with Crippen LogP contribution in [0.2, 0.25) is 0 Å². The quantitative estimate of drug-likeness (QED) is 0.548. The van der Waals surface area contributed by atoms with Gasteiger partial charge in [0.25, 0.3) is 5.91 Å². The van der Waals surface area contributed by atoms with Crippen LogP contribution in [-0.2, 0) is 17.9 Å². The molecule has 4 rings (SSSR count). The molecule has 0 spiro atoms. The maximum absolute atomic E-state index is 12.3. The summed E-state index contributed by atoms with van der Waals surface area (Å²) in [6.45, 7) is 8.29. The first kappa shape index (κ1) is 21.6. The number of likely N-dealkylation sites (tertiary alicyclic amines) is 1. The highest BCUT2D eigenvalue weighted by molar-refractivity contribution is 7.13. The molecule has 3 aromatic rings. The Bertz CT molecular complexity index is 1010. The molecule has 3 heterocycles. The van der Waals surface area contributed by atoms with Gasteiger partial charge in [0.05, 0.1) is 12.2 Å². The van der Waals surface area contributed by atoms with Crippen LogP contribution < -0.4 is 10.1 Å². The lowest BCUT2D eigenvalue weighted by Gasteiger charge is -2.18. The highest BCUT2D eigenvalue weighted by Gasteiger charge is 2.16. The van der Waals surface area contributed by atoms with Crippen LogP contribution in [0.4, 0.5) is 0 Å². The van der Waals surface area contributed by atoms with E-state index in [0.29, 0.717) is 13.1 Å². The number of carbonyl (C=O) groups excluding carboxylic acids is 1. The van der Waals surface area contributed by atoms with Crippen LogP contribution in [0.5, 0.6) is 5.75 Å². The van der Waals surface area contributed by atoms with E-state index in [9.17, 15) is 4.79 Å². The van der Waals surface area contributed by atoms with Crippen LogP contribution in [0.3, 0.4) is 0 Å². The predicted molar refractivity (Wildman–Crippen MR) is 124 cm³/mol.